The van der Waals surface area contributed by atoms with Crippen LogP contribution in [-0.4, -0.2) is 12.0 Å². The summed E-state index contributed by atoms with van der Waals surface area (Å²) in [5.41, 5.74) is 8.32. The lowest BCUT2D eigenvalue weighted by Crippen LogP contribution is -2.48. The lowest BCUT2D eigenvalue weighted by molar-refractivity contribution is -0.128. The number of nitrogens with zero attached hydrogens (tertiary/aromatic N) is 1. The highest BCUT2D eigenvalue weighted by Crippen LogP contribution is 2.37. The summed E-state index contributed by atoms with van der Waals surface area (Å²) in [6.07, 6.45) is -0.458. The fourth-order valence-electron chi connectivity index (χ4n) is 2.65. The van der Waals surface area contributed by atoms with Crippen molar-refractivity contribution in [2.24, 2.45) is 5.92 Å². The van der Waals surface area contributed by atoms with E-state index in [0.29, 0.717) is 18.0 Å². The van der Waals surface area contributed by atoms with Crippen molar-refractivity contribution in [3.63, 3.8) is 0 Å². The van der Waals surface area contributed by atoms with Crippen LogP contribution >= 0.6 is 0 Å². The Labute approximate surface area is 130 Å². The van der Waals surface area contributed by atoms with Crippen LogP contribution in [0.1, 0.15) is 19.4 Å². The molecule has 0 aromatic heterocycles. The number of anilines is 2. The van der Waals surface area contributed by atoms with Crippen molar-refractivity contribution in [2.45, 2.75) is 26.5 Å². The third-order valence-electron chi connectivity index (χ3n) is 3.83. The van der Waals surface area contributed by atoms with Gasteiger partial charge in [-0.25, -0.2) is 0 Å². The van der Waals surface area contributed by atoms with Gasteiger partial charge in [0.1, 0.15) is 5.75 Å². The Morgan fingerprint density at radius 3 is 2.59 bits per heavy atom. The molecule has 2 aromatic rings. The Hall–Kier alpha value is -2.49. The predicted molar refractivity (Wildman–Crippen MR) is 87.7 cm³/mol. The number of nitrogen functional groups attached to an aromatic ring is 1. The zero-order valence-electron chi connectivity index (χ0n) is 12.8. The van der Waals surface area contributed by atoms with Crippen LogP contribution in [0.3, 0.4) is 0 Å². The van der Waals surface area contributed by atoms with E-state index in [0.717, 1.165) is 11.3 Å². The molecule has 1 aliphatic heterocycles. The molecule has 0 spiro atoms. The number of hydrogen-bond acceptors (Lipinski definition) is 3. The minimum atomic E-state index is -0.458. The van der Waals surface area contributed by atoms with Gasteiger partial charge in [-0.2, -0.15) is 0 Å². The van der Waals surface area contributed by atoms with Gasteiger partial charge < -0.3 is 15.4 Å². The second kappa shape index (κ2) is 5.72. The average molecular weight is 296 g/mol. The molecule has 4 heteroatoms. The molecule has 1 heterocycles. The van der Waals surface area contributed by atoms with Crippen molar-refractivity contribution < 1.29 is 9.53 Å². The van der Waals surface area contributed by atoms with Crippen LogP contribution in [-0.2, 0) is 11.3 Å². The number of carbonyl (C=O) groups excluding carboxylic acids is 1. The first kappa shape index (κ1) is 14.4. The molecule has 2 N–H and O–H groups in total. The molecule has 22 heavy (non-hydrogen) atoms. The summed E-state index contributed by atoms with van der Waals surface area (Å²) in [4.78, 5) is 14.6. The molecule has 4 nitrogen and oxygen atoms in total. The summed E-state index contributed by atoms with van der Waals surface area (Å²) >= 11 is 0. The monoisotopic (exact) mass is 296 g/mol. The lowest BCUT2D eigenvalue weighted by Gasteiger charge is -2.36. The normalized spacial score (nSPS) is 17.3. The van der Waals surface area contributed by atoms with Crippen LogP contribution < -0.4 is 15.4 Å². The van der Waals surface area contributed by atoms with E-state index in [4.69, 9.17) is 10.5 Å². The van der Waals surface area contributed by atoms with E-state index in [-0.39, 0.29) is 11.8 Å². The second-order valence-electron chi connectivity index (χ2n) is 5.92. The van der Waals surface area contributed by atoms with Crippen molar-refractivity contribution in [1.29, 1.82) is 0 Å². The first-order valence-corrected chi connectivity index (χ1v) is 7.48. The van der Waals surface area contributed by atoms with E-state index in [1.165, 1.54) is 0 Å². The maximum absolute atomic E-state index is 12.8. The highest BCUT2D eigenvalue weighted by atomic mass is 16.5. The number of hydrogen-bond donors (Lipinski definition) is 1. The Morgan fingerprint density at radius 2 is 1.91 bits per heavy atom. The van der Waals surface area contributed by atoms with E-state index in [1.54, 1.807) is 17.0 Å². The van der Waals surface area contributed by atoms with Gasteiger partial charge in [0, 0.05) is 5.69 Å². The average Bonchev–Trinajstić information content (AvgIpc) is 2.51. The Balaban J connectivity index is 2.01. The summed E-state index contributed by atoms with van der Waals surface area (Å²) in [5.74, 6) is 0.803. The van der Waals surface area contributed by atoms with Crippen LogP contribution in [0.5, 0.6) is 5.75 Å². The van der Waals surface area contributed by atoms with Gasteiger partial charge in [-0.3, -0.25) is 4.79 Å². The van der Waals surface area contributed by atoms with Crippen molar-refractivity contribution in [2.75, 3.05) is 10.6 Å². The Kier molecular flexibility index (Phi) is 3.75. The zero-order chi connectivity index (χ0) is 15.7. The molecule has 3 rings (SSSR count). The van der Waals surface area contributed by atoms with E-state index in [9.17, 15) is 4.79 Å². The van der Waals surface area contributed by atoms with Gasteiger partial charge in [-0.1, -0.05) is 44.2 Å². The molecule has 1 aliphatic rings. The first-order valence-electron chi connectivity index (χ1n) is 7.48. The minimum Gasteiger partial charge on any atom is -0.478 e. The highest BCUT2D eigenvalue weighted by molar-refractivity contribution is 6.00. The van der Waals surface area contributed by atoms with E-state index >= 15 is 0 Å². The van der Waals surface area contributed by atoms with Crippen LogP contribution in [0.15, 0.2) is 48.5 Å². The molecule has 0 radical (unpaired) electrons. The standard InChI is InChI=1S/C18H20N2O2/c1-12(2)17-18(21)20(11-13-6-4-3-5-7-13)15-10-14(19)8-9-16(15)22-17/h3-10,12,17H,11,19H2,1-2H3. The molecular formula is C18H20N2O2. The number of benzene rings is 2. The second-order valence-corrected chi connectivity index (χ2v) is 5.92. The van der Waals surface area contributed by atoms with Crippen molar-refractivity contribution in [3.05, 3.63) is 54.1 Å². The molecule has 1 amide bonds. The third-order valence-corrected chi connectivity index (χ3v) is 3.83. The van der Waals surface area contributed by atoms with Gasteiger partial charge >= 0.3 is 0 Å². The van der Waals surface area contributed by atoms with Gasteiger partial charge in [0.2, 0.25) is 0 Å². The number of amides is 1. The molecule has 1 unspecified atom stereocenters. The summed E-state index contributed by atoms with van der Waals surface area (Å²) in [6, 6.07) is 15.4. The van der Waals surface area contributed by atoms with Gasteiger partial charge in [0.05, 0.1) is 12.2 Å². The highest BCUT2D eigenvalue weighted by Gasteiger charge is 2.36. The van der Waals surface area contributed by atoms with E-state index in [2.05, 4.69) is 0 Å². The molecule has 1 atom stereocenters. The molecule has 2 aromatic carbocycles. The van der Waals surface area contributed by atoms with Gasteiger partial charge in [-0.15, -0.1) is 0 Å². The number of fused-ring (bicyclic) bond motifs is 1. The Morgan fingerprint density at radius 1 is 1.18 bits per heavy atom. The number of nitrogens with two attached hydrogens (primary N) is 1. The smallest absolute Gasteiger partial charge is 0.268 e. The van der Waals surface area contributed by atoms with Crippen molar-refractivity contribution >= 4 is 17.3 Å². The number of carbonyl (C=O) groups is 1. The van der Waals surface area contributed by atoms with Crippen LogP contribution in [0, 0.1) is 5.92 Å². The van der Waals surface area contributed by atoms with Gasteiger partial charge in [-0.05, 0) is 29.7 Å². The fourth-order valence-corrected chi connectivity index (χ4v) is 2.65. The minimum absolute atomic E-state index is 0.0167. The van der Waals surface area contributed by atoms with Gasteiger partial charge in [0.25, 0.3) is 5.91 Å². The predicted octanol–water partition coefficient (Wildman–Crippen LogP) is 3.22. The fraction of sp³-hybridized carbons (Fsp3) is 0.278. The molecular weight excluding hydrogens is 276 g/mol. The quantitative estimate of drug-likeness (QED) is 0.885. The first-order chi connectivity index (χ1) is 10.6. The Bertz CT molecular complexity index is 683. The van der Waals surface area contributed by atoms with Crippen LogP contribution in [0.2, 0.25) is 0 Å². The maximum atomic E-state index is 12.8. The zero-order valence-corrected chi connectivity index (χ0v) is 12.8. The SMILES string of the molecule is CC(C)C1Oc2ccc(N)cc2N(Cc2ccccc2)C1=O. The maximum Gasteiger partial charge on any atom is 0.268 e. The topological polar surface area (TPSA) is 55.6 Å². The summed E-state index contributed by atoms with van der Waals surface area (Å²) < 4.78 is 5.88. The van der Waals surface area contributed by atoms with Crippen molar-refractivity contribution in [1.82, 2.24) is 0 Å². The molecule has 0 saturated heterocycles. The lowest BCUT2D eigenvalue weighted by atomic mass is 10.0. The molecule has 0 aliphatic carbocycles. The molecule has 0 fully saturated rings. The van der Waals surface area contributed by atoms with E-state index < -0.39 is 6.10 Å². The van der Waals surface area contributed by atoms with Gasteiger partial charge in [0.15, 0.2) is 6.10 Å². The largest absolute Gasteiger partial charge is 0.478 e. The number of rotatable bonds is 3. The third kappa shape index (κ3) is 2.64. The molecule has 0 bridgehead atoms. The van der Waals surface area contributed by atoms with Crippen LogP contribution in [0.4, 0.5) is 11.4 Å². The van der Waals surface area contributed by atoms with Crippen LogP contribution in [0.25, 0.3) is 0 Å². The summed E-state index contributed by atoms with van der Waals surface area (Å²) in [5, 5.41) is 0. The summed E-state index contributed by atoms with van der Waals surface area (Å²) in [7, 11) is 0. The molecule has 0 saturated carbocycles. The van der Waals surface area contributed by atoms with E-state index in [1.807, 2.05) is 50.2 Å². The number of ether oxygens (including phenoxy) is 1. The summed E-state index contributed by atoms with van der Waals surface area (Å²) in [6.45, 7) is 4.50. The van der Waals surface area contributed by atoms with Crippen molar-refractivity contribution in [3.8, 4) is 5.75 Å². The molecule has 114 valence electrons.